The number of aliphatic carboxylic acids is 1. The van der Waals surface area contributed by atoms with Crippen LogP contribution in [0.2, 0.25) is 0 Å². The number of carboxylic acids is 1. The van der Waals surface area contributed by atoms with Crippen molar-refractivity contribution < 1.29 is 24.6 Å². The minimum absolute atomic E-state index is 0.0294. The Morgan fingerprint density at radius 3 is 2.41 bits per heavy atom. The van der Waals surface area contributed by atoms with Crippen molar-refractivity contribution >= 4 is 34.4 Å². The largest absolute Gasteiger partial charge is 0.508 e. The van der Waals surface area contributed by atoms with E-state index < -0.39 is 41.2 Å². The van der Waals surface area contributed by atoms with Gasteiger partial charge in [-0.1, -0.05) is 54.1 Å². The molecule has 3 heterocycles. The topological polar surface area (TPSA) is 123 Å². The zero-order valence-electron chi connectivity index (χ0n) is 20.0. The number of aryl methyl sites for hydroxylation is 1. The molecular formula is C29H25N3O5. The summed E-state index contributed by atoms with van der Waals surface area (Å²) in [6.45, 7) is 1.90. The Bertz CT molecular complexity index is 1560. The van der Waals surface area contributed by atoms with Crippen LogP contribution >= 0.6 is 0 Å². The van der Waals surface area contributed by atoms with Crippen LogP contribution in [0.25, 0.3) is 10.9 Å². The molecule has 0 bridgehead atoms. The lowest BCUT2D eigenvalue weighted by atomic mass is 9.76. The van der Waals surface area contributed by atoms with Crippen LogP contribution in [-0.4, -0.2) is 38.5 Å². The number of carbonyl (C=O) groups is 3. The number of aromatic amines is 1. The van der Waals surface area contributed by atoms with Gasteiger partial charge in [-0.05, 0) is 36.8 Å². The summed E-state index contributed by atoms with van der Waals surface area (Å²) in [6.07, 6.45) is 1.72. The summed E-state index contributed by atoms with van der Waals surface area (Å²) in [5.74, 6) is -4.53. The highest BCUT2D eigenvalue weighted by Crippen LogP contribution is 2.52. The number of nitrogens with zero attached hydrogens (tertiary/aromatic N) is 1. The van der Waals surface area contributed by atoms with Crippen LogP contribution in [0.3, 0.4) is 0 Å². The van der Waals surface area contributed by atoms with Gasteiger partial charge in [0.2, 0.25) is 11.8 Å². The Balaban J connectivity index is 1.52. The van der Waals surface area contributed by atoms with Gasteiger partial charge in [0.1, 0.15) is 11.3 Å². The van der Waals surface area contributed by atoms with E-state index in [0.29, 0.717) is 11.3 Å². The second kappa shape index (κ2) is 8.31. The molecule has 4 aromatic rings. The Kier molecular flexibility index (Phi) is 5.17. The normalized spacial score (nSPS) is 25.1. The molecule has 2 amide bonds. The SMILES string of the molecule is Cc1ccc(N2C(=O)[C@H]3[C@@H](c4ccccc4O)N[C@](Cc4c[nH]c5ccccc45)(C(=O)O)[C@H]3C2=O)cc1. The van der Waals surface area contributed by atoms with Crippen LogP contribution in [0.15, 0.2) is 79.0 Å². The third-order valence-electron chi connectivity index (χ3n) is 7.74. The van der Waals surface area contributed by atoms with Crippen LogP contribution in [0, 0.1) is 18.8 Å². The smallest absolute Gasteiger partial charge is 0.325 e. The van der Waals surface area contributed by atoms with Crippen LogP contribution < -0.4 is 10.2 Å². The third-order valence-corrected chi connectivity index (χ3v) is 7.74. The molecule has 0 unspecified atom stereocenters. The number of carboxylic acid groups (broad SMARTS) is 1. The first-order valence-electron chi connectivity index (χ1n) is 12.1. The number of para-hydroxylation sites is 2. The fraction of sp³-hybridized carbons (Fsp3) is 0.207. The number of rotatable bonds is 5. The van der Waals surface area contributed by atoms with Crippen molar-refractivity contribution in [2.45, 2.75) is 24.9 Å². The Morgan fingerprint density at radius 2 is 1.68 bits per heavy atom. The summed E-state index contributed by atoms with van der Waals surface area (Å²) in [6, 6.07) is 20.2. The van der Waals surface area contributed by atoms with Gasteiger partial charge in [0.25, 0.3) is 0 Å². The first kappa shape index (κ1) is 23.0. The van der Waals surface area contributed by atoms with Gasteiger partial charge in [-0.2, -0.15) is 0 Å². The lowest BCUT2D eigenvalue weighted by molar-refractivity contribution is -0.148. The molecule has 2 saturated heterocycles. The summed E-state index contributed by atoms with van der Waals surface area (Å²) >= 11 is 0. The number of phenolic OH excluding ortho intramolecular Hbond substituents is 1. The molecule has 2 fully saturated rings. The number of phenols is 1. The summed E-state index contributed by atoms with van der Waals surface area (Å²) in [5, 5.41) is 25.4. The first-order valence-corrected chi connectivity index (χ1v) is 12.1. The standard InChI is InChI=1S/C29H25N3O5/c1-16-10-12-18(13-11-16)32-26(34)23-24(27(32)35)29(28(36)37,31-25(23)20-7-3-5-9-22(20)33)14-17-15-30-21-8-4-2-6-19(17)21/h2-13,15,23-25,30-31,33H,14H2,1H3,(H,36,37)/t23-,24-,25-,29+/m1/s1. The zero-order chi connectivity index (χ0) is 25.9. The molecule has 4 atom stereocenters. The fourth-order valence-electron chi connectivity index (χ4n) is 5.98. The number of benzene rings is 3. The highest BCUT2D eigenvalue weighted by atomic mass is 16.4. The van der Waals surface area contributed by atoms with Crippen molar-refractivity contribution in [3.63, 3.8) is 0 Å². The Hall–Kier alpha value is -4.43. The van der Waals surface area contributed by atoms with E-state index in [1.165, 1.54) is 6.07 Å². The van der Waals surface area contributed by atoms with Crippen molar-refractivity contribution in [2.75, 3.05) is 4.90 Å². The summed E-state index contributed by atoms with van der Waals surface area (Å²) < 4.78 is 0. The number of aromatic hydroxyl groups is 1. The molecule has 37 heavy (non-hydrogen) atoms. The molecule has 2 aliphatic rings. The van der Waals surface area contributed by atoms with Crippen LogP contribution in [0.1, 0.15) is 22.7 Å². The lowest BCUT2D eigenvalue weighted by Crippen LogP contribution is -2.57. The number of fused-ring (bicyclic) bond motifs is 2. The number of H-pyrrole nitrogens is 1. The van der Waals surface area contributed by atoms with Gasteiger partial charge in [0.05, 0.1) is 17.5 Å². The quantitative estimate of drug-likeness (QED) is 0.313. The third kappa shape index (κ3) is 3.37. The molecule has 0 radical (unpaired) electrons. The average Bonchev–Trinajstić information content (AvgIpc) is 3.53. The van der Waals surface area contributed by atoms with E-state index in [4.69, 9.17) is 0 Å². The number of nitrogens with one attached hydrogen (secondary N) is 2. The summed E-state index contributed by atoms with van der Waals surface area (Å²) in [4.78, 5) is 45.3. The number of carbonyl (C=O) groups excluding carboxylic acids is 2. The van der Waals surface area contributed by atoms with Crippen molar-refractivity contribution in [3.8, 4) is 5.75 Å². The molecular weight excluding hydrogens is 470 g/mol. The van der Waals surface area contributed by atoms with Gasteiger partial charge in [-0.25, -0.2) is 4.90 Å². The maximum atomic E-state index is 14.0. The Labute approximate surface area is 212 Å². The van der Waals surface area contributed by atoms with E-state index in [-0.39, 0.29) is 12.2 Å². The van der Waals surface area contributed by atoms with E-state index in [1.54, 1.807) is 48.7 Å². The predicted molar refractivity (Wildman–Crippen MR) is 137 cm³/mol. The van der Waals surface area contributed by atoms with Crippen molar-refractivity contribution in [3.05, 3.63) is 95.7 Å². The molecule has 4 N–H and O–H groups in total. The van der Waals surface area contributed by atoms with E-state index >= 15 is 0 Å². The molecule has 1 aromatic heterocycles. The van der Waals surface area contributed by atoms with Crippen molar-refractivity contribution in [1.82, 2.24) is 10.3 Å². The fourth-order valence-corrected chi connectivity index (χ4v) is 5.98. The van der Waals surface area contributed by atoms with Crippen LogP contribution in [0.4, 0.5) is 5.69 Å². The maximum absolute atomic E-state index is 14.0. The average molecular weight is 496 g/mol. The van der Waals surface area contributed by atoms with Gasteiger partial charge in [0.15, 0.2) is 0 Å². The molecule has 8 nitrogen and oxygen atoms in total. The molecule has 0 saturated carbocycles. The number of hydrogen-bond acceptors (Lipinski definition) is 5. The molecule has 3 aromatic carbocycles. The predicted octanol–water partition coefficient (Wildman–Crippen LogP) is 3.70. The monoisotopic (exact) mass is 495 g/mol. The molecule has 6 rings (SSSR count). The number of hydrogen-bond donors (Lipinski definition) is 4. The van der Waals surface area contributed by atoms with Gasteiger partial charge < -0.3 is 15.2 Å². The Morgan fingerprint density at radius 1 is 0.973 bits per heavy atom. The van der Waals surface area contributed by atoms with Gasteiger partial charge in [-0.3, -0.25) is 19.7 Å². The van der Waals surface area contributed by atoms with Crippen molar-refractivity contribution in [1.29, 1.82) is 0 Å². The number of anilines is 1. The van der Waals surface area contributed by atoms with Crippen molar-refractivity contribution in [2.24, 2.45) is 11.8 Å². The molecule has 0 aliphatic carbocycles. The first-order chi connectivity index (χ1) is 17.8. The lowest BCUT2D eigenvalue weighted by Gasteiger charge is -2.31. The minimum Gasteiger partial charge on any atom is -0.508 e. The summed E-state index contributed by atoms with van der Waals surface area (Å²) in [7, 11) is 0. The highest BCUT2D eigenvalue weighted by molar-refractivity contribution is 6.24. The molecule has 2 aliphatic heterocycles. The summed E-state index contributed by atoms with van der Waals surface area (Å²) in [5.41, 5.74) is 1.53. The number of imide groups is 1. The van der Waals surface area contributed by atoms with E-state index in [2.05, 4.69) is 10.3 Å². The molecule has 186 valence electrons. The highest BCUT2D eigenvalue weighted by Gasteiger charge is 2.69. The van der Waals surface area contributed by atoms with Gasteiger partial charge >= 0.3 is 5.97 Å². The minimum atomic E-state index is -1.78. The molecule has 0 spiro atoms. The van der Waals surface area contributed by atoms with Crippen LogP contribution in [-0.2, 0) is 20.8 Å². The zero-order valence-corrected chi connectivity index (χ0v) is 20.0. The van der Waals surface area contributed by atoms with Gasteiger partial charge in [-0.15, -0.1) is 0 Å². The second-order valence-corrected chi connectivity index (χ2v) is 9.84. The number of aromatic nitrogens is 1. The van der Waals surface area contributed by atoms with E-state index in [0.717, 1.165) is 26.9 Å². The molecule has 8 heteroatoms. The second-order valence-electron chi connectivity index (χ2n) is 9.84. The van der Waals surface area contributed by atoms with Gasteiger partial charge in [0, 0.05) is 35.1 Å². The van der Waals surface area contributed by atoms with E-state index in [1.807, 2.05) is 31.2 Å². The van der Waals surface area contributed by atoms with E-state index in [9.17, 15) is 24.6 Å². The van der Waals surface area contributed by atoms with Crippen LogP contribution in [0.5, 0.6) is 5.75 Å². The maximum Gasteiger partial charge on any atom is 0.325 e. The number of amides is 2.